The van der Waals surface area contributed by atoms with Crippen molar-refractivity contribution in [2.24, 2.45) is 0 Å². The van der Waals surface area contributed by atoms with Crippen LogP contribution in [0.2, 0.25) is 0 Å². The third-order valence-corrected chi connectivity index (χ3v) is 2.51. The molecule has 0 saturated carbocycles. The highest BCUT2D eigenvalue weighted by Crippen LogP contribution is 2.15. The van der Waals surface area contributed by atoms with Crippen LogP contribution in [0.25, 0.3) is 5.57 Å². The van der Waals surface area contributed by atoms with Crippen molar-refractivity contribution < 1.29 is 5.10 Å². The Morgan fingerprint density at radius 2 is 2.08 bits per heavy atom. The number of hydrogen-bond acceptors (Lipinski definition) is 3. The molecule has 1 heterocycles. The van der Waals surface area contributed by atoms with E-state index in [1.54, 1.807) is 6.20 Å². The first-order valence-electron chi connectivity index (χ1n) is 3.67. The Kier molecular flexibility index (Phi) is 2.12. The van der Waals surface area contributed by atoms with Crippen molar-refractivity contribution in [2.75, 3.05) is 0 Å². The summed E-state index contributed by atoms with van der Waals surface area (Å²) in [5.74, 6) is 0. The first-order valence-corrected chi connectivity index (χ1v) is 4.49. The molecule has 0 bridgehead atoms. The van der Waals surface area contributed by atoms with Crippen LogP contribution in [0, 0.1) is 0 Å². The lowest BCUT2D eigenvalue weighted by molar-refractivity contribution is -0.455. The second-order valence-corrected chi connectivity index (χ2v) is 3.44. The van der Waals surface area contributed by atoms with Crippen molar-refractivity contribution >= 4 is 39.7 Å². The van der Waals surface area contributed by atoms with E-state index in [-0.39, 0.29) is 0 Å². The molecule has 3 nitrogen and oxygen atoms in total. The highest BCUT2D eigenvalue weighted by atomic mass is 32.1. The predicted molar refractivity (Wildman–Crippen MR) is 57.5 cm³/mol. The lowest BCUT2D eigenvalue weighted by atomic mass is 10.0. The van der Waals surface area contributed by atoms with Gasteiger partial charge in [-0.3, -0.25) is 0 Å². The number of allylic oxidation sites excluding steroid dienone is 4. The zero-order valence-corrected chi connectivity index (χ0v) is 8.21. The highest BCUT2D eigenvalue weighted by Gasteiger charge is 2.13. The number of nitrogens with zero attached hydrogens (tertiary/aromatic N) is 1. The Morgan fingerprint density at radius 3 is 2.69 bits per heavy atom. The monoisotopic (exact) mass is 208 g/mol. The molecule has 0 amide bonds. The minimum Gasteiger partial charge on any atom is -0.176 e. The molecule has 1 aromatic rings. The lowest BCUT2D eigenvalue weighted by Gasteiger charge is -2.02. The van der Waals surface area contributed by atoms with Gasteiger partial charge in [-0.2, -0.15) is 5.10 Å². The predicted octanol–water partition coefficient (Wildman–Crippen LogP) is 0.917. The Labute approximate surface area is 85.5 Å². The van der Waals surface area contributed by atoms with Crippen molar-refractivity contribution in [2.45, 2.75) is 0 Å². The molecule has 64 valence electrons. The molecular weight excluding hydrogens is 202 g/mol. The van der Waals surface area contributed by atoms with Crippen LogP contribution in [-0.4, -0.2) is 20.0 Å². The van der Waals surface area contributed by atoms with Crippen molar-refractivity contribution in [3.05, 3.63) is 30.1 Å². The summed E-state index contributed by atoms with van der Waals surface area (Å²) in [5, 5.41) is 9.39. The molecule has 13 heavy (non-hydrogen) atoms. The number of rotatable bonds is 1. The molecular formula is C8H6N3S2+. The second-order valence-electron chi connectivity index (χ2n) is 2.56. The van der Waals surface area contributed by atoms with Gasteiger partial charge in [-0.1, -0.05) is 29.6 Å². The summed E-state index contributed by atoms with van der Waals surface area (Å²) in [5.41, 5.74) is 1.80. The zero-order chi connectivity index (χ0) is 9.26. The molecule has 0 spiro atoms. The molecule has 2 N–H and O–H groups in total. The summed E-state index contributed by atoms with van der Waals surface area (Å²) < 4.78 is 0. The van der Waals surface area contributed by atoms with Crippen molar-refractivity contribution in [3.63, 3.8) is 0 Å². The number of aromatic nitrogens is 3. The van der Waals surface area contributed by atoms with E-state index in [0.29, 0.717) is 9.73 Å². The largest absolute Gasteiger partial charge is 0.248 e. The zero-order valence-electron chi connectivity index (χ0n) is 6.57. The molecule has 5 heteroatoms. The van der Waals surface area contributed by atoms with Gasteiger partial charge in [0.25, 0.3) is 0 Å². The van der Waals surface area contributed by atoms with Crippen LogP contribution >= 0.6 is 24.4 Å². The third-order valence-electron chi connectivity index (χ3n) is 1.69. The van der Waals surface area contributed by atoms with Gasteiger partial charge in [0.15, 0.2) is 6.20 Å². The van der Waals surface area contributed by atoms with E-state index in [2.05, 4.69) is 15.4 Å². The Hall–Kier alpha value is -1.20. The average molecular weight is 208 g/mol. The van der Waals surface area contributed by atoms with Gasteiger partial charge in [0.1, 0.15) is 0 Å². The van der Waals surface area contributed by atoms with Crippen LogP contribution in [0.4, 0.5) is 0 Å². The summed E-state index contributed by atoms with van der Waals surface area (Å²) in [4.78, 5) is 1.40. The van der Waals surface area contributed by atoms with Crippen LogP contribution in [-0.2, 0) is 0 Å². The second kappa shape index (κ2) is 3.27. The molecule has 1 aliphatic rings. The van der Waals surface area contributed by atoms with Gasteiger partial charge in [0.05, 0.1) is 9.73 Å². The van der Waals surface area contributed by atoms with E-state index in [4.69, 9.17) is 24.4 Å². The molecule has 0 atom stereocenters. The maximum absolute atomic E-state index is 5.06. The quantitative estimate of drug-likeness (QED) is 0.698. The van der Waals surface area contributed by atoms with E-state index in [9.17, 15) is 0 Å². The molecule has 1 aliphatic carbocycles. The molecule has 0 saturated heterocycles. The van der Waals surface area contributed by atoms with Gasteiger partial charge in [-0.05, 0) is 18.2 Å². The molecule has 0 aromatic carbocycles. The van der Waals surface area contributed by atoms with Crippen LogP contribution in [0.1, 0.15) is 5.69 Å². The molecule has 1 aromatic heterocycles. The van der Waals surface area contributed by atoms with E-state index in [1.807, 2.05) is 18.2 Å². The molecule has 0 fully saturated rings. The van der Waals surface area contributed by atoms with Gasteiger partial charge < -0.3 is 0 Å². The van der Waals surface area contributed by atoms with Gasteiger partial charge in [-0.15, -0.1) is 0 Å². The van der Waals surface area contributed by atoms with Gasteiger partial charge in [0, 0.05) is 10.7 Å². The average Bonchev–Trinajstić information content (AvgIpc) is 2.62. The summed E-state index contributed by atoms with van der Waals surface area (Å²) >= 11 is 10.1. The summed E-state index contributed by atoms with van der Waals surface area (Å²) in [6.07, 6.45) is 7.35. The smallest absolute Gasteiger partial charge is 0.176 e. The fraction of sp³-hybridized carbons (Fsp3) is 0. The maximum Gasteiger partial charge on any atom is 0.248 e. The van der Waals surface area contributed by atoms with E-state index in [1.165, 1.54) is 0 Å². The van der Waals surface area contributed by atoms with Crippen molar-refractivity contribution in [1.29, 1.82) is 0 Å². The topological polar surface area (TPSA) is 42.8 Å². The summed E-state index contributed by atoms with van der Waals surface area (Å²) in [7, 11) is 0. The number of aromatic amines is 2. The standard InChI is InChI=1S/C8H5N3S2/c12-7-2-1-5(3-8(7)13)6-4-9-11-10-6/h1-4H,(H,9,10,11)/p+1. The number of nitrogens with one attached hydrogen (secondary N) is 2. The fourth-order valence-corrected chi connectivity index (χ4v) is 1.36. The number of H-pyrrole nitrogens is 2. The van der Waals surface area contributed by atoms with Crippen LogP contribution in [0.5, 0.6) is 0 Å². The Balaban J connectivity index is 2.38. The minimum atomic E-state index is 0.690. The molecule has 0 unspecified atom stereocenters. The summed E-state index contributed by atoms with van der Waals surface area (Å²) in [6.45, 7) is 0. The third kappa shape index (κ3) is 1.61. The Bertz CT molecular complexity index is 415. The summed E-state index contributed by atoms with van der Waals surface area (Å²) in [6, 6.07) is 0. The van der Waals surface area contributed by atoms with Crippen LogP contribution in [0.15, 0.2) is 24.4 Å². The maximum atomic E-state index is 5.06. The van der Waals surface area contributed by atoms with Crippen molar-refractivity contribution in [3.8, 4) is 0 Å². The van der Waals surface area contributed by atoms with Crippen molar-refractivity contribution in [1.82, 2.24) is 10.3 Å². The first-order chi connectivity index (χ1) is 6.27. The van der Waals surface area contributed by atoms with Gasteiger partial charge in [-0.25, -0.2) is 0 Å². The van der Waals surface area contributed by atoms with Gasteiger partial charge in [0.2, 0.25) is 5.69 Å². The fourth-order valence-electron chi connectivity index (χ4n) is 1.04. The number of hydrogen-bond donors (Lipinski definition) is 1. The van der Waals surface area contributed by atoms with E-state index in [0.717, 1.165) is 11.3 Å². The molecule has 0 aliphatic heterocycles. The van der Waals surface area contributed by atoms with Crippen LogP contribution in [0.3, 0.4) is 0 Å². The normalized spacial score (nSPS) is 16.2. The SMILES string of the molecule is S=C1C=CC(c2c[nH+][nH]n2)=CC1=S. The van der Waals surface area contributed by atoms with Crippen LogP contribution < -0.4 is 5.10 Å². The van der Waals surface area contributed by atoms with Gasteiger partial charge >= 0.3 is 0 Å². The van der Waals surface area contributed by atoms with E-state index < -0.39 is 0 Å². The lowest BCUT2D eigenvalue weighted by Crippen LogP contribution is -2.07. The minimum absolute atomic E-state index is 0.690. The highest BCUT2D eigenvalue weighted by molar-refractivity contribution is 7.90. The first kappa shape index (κ1) is 8.40. The Morgan fingerprint density at radius 1 is 1.23 bits per heavy atom. The molecule has 0 radical (unpaired) electrons. The van der Waals surface area contributed by atoms with E-state index >= 15 is 0 Å². The number of thiocarbonyl (C=S) groups is 2. The molecule has 2 rings (SSSR count).